The van der Waals surface area contributed by atoms with Gasteiger partial charge in [0.05, 0.1) is 19.3 Å². The van der Waals surface area contributed by atoms with E-state index in [0.717, 1.165) is 12.8 Å². The number of methoxy groups -OCH3 is 2. The van der Waals surface area contributed by atoms with Crippen LogP contribution in [-0.4, -0.2) is 70.6 Å². The molecule has 0 radical (unpaired) electrons. The Labute approximate surface area is 127 Å². The van der Waals surface area contributed by atoms with Gasteiger partial charge in [-0.2, -0.15) is 0 Å². The van der Waals surface area contributed by atoms with Crippen molar-refractivity contribution in [2.45, 2.75) is 18.9 Å². The van der Waals surface area contributed by atoms with Crippen LogP contribution < -0.4 is 5.73 Å². The molecule has 0 aliphatic carbocycles. The molecule has 0 aromatic rings. The topological polar surface area (TPSA) is 74.0 Å². The summed E-state index contributed by atoms with van der Waals surface area (Å²) in [4.78, 5) is 14.1. The highest BCUT2D eigenvalue weighted by molar-refractivity contribution is 5.85. The van der Waals surface area contributed by atoms with Crippen molar-refractivity contribution in [3.63, 3.8) is 0 Å². The van der Waals surface area contributed by atoms with Crippen LogP contribution >= 0.6 is 12.4 Å². The van der Waals surface area contributed by atoms with Crippen molar-refractivity contribution in [3.05, 3.63) is 0 Å². The number of carbonyl (C=O) groups is 1. The van der Waals surface area contributed by atoms with Crippen molar-refractivity contribution in [2.24, 2.45) is 11.7 Å². The van der Waals surface area contributed by atoms with Crippen molar-refractivity contribution < 1.29 is 19.0 Å². The second kappa shape index (κ2) is 11.3. The maximum Gasteiger partial charge on any atom is 0.239 e. The number of hydrogen-bond donors (Lipinski definition) is 1. The number of amides is 1. The van der Waals surface area contributed by atoms with Crippen molar-refractivity contribution in [2.75, 3.05) is 53.7 Å². The van der Waals surface area contributed by atoms with E-state index in [1.807, 2.05) is 0 Å². The van der Waals surface area contributed by atoms with E-state index in [9.17, 15) is 4.79 Å². The summed E-state index contributed by atoms with van der Waals surface area (Å²) in [7, 11) is 3.24. The smallest absolute Gasteiger partial charge is 0.239 e. The Bertz CT molecular complexity index is 255. The van der Waals surface area contributed by atoms with Gasteiger partial charge in [-0.3, -0.25) is 4.79 Å². The number of nitrogens with two attached hydrogens (primary N) is 1. The predicted octanol–water partition coefficient (Wildman–Crippen LogP) is 0.284. The zero-order valence-corrected chi connectivity index (χ0v) is 13.2. The Kier molecular flexibility index (Phi) is 11.1. The van der Waals surface area contributed by atoms with Gasteiger partial charge in [-0.25, -0.2) is 0 Å². The average molecular weight is 311 g/mol. The molecule has 0 aromatic carbocycles. The maximum atomic E-state index is 12.4. The first kappa shape index (κ1) is 19.6. The molecule has 1 heterocycles. The molecule has 20 heavy (non-hydrogen) atoms. The predicted molar refractivity (Wildman–Crippen MR) is 79.1 cm³/mol. The van der Waals surface area contributed by atoms with Crippen molar-refractivity contribution in [3.8, 4) is 0 Å². The van der Waals surface area contributed by atoms with Crippen LogP contribution in [-0.2, 0) is 19.0 Å². The van der Waals surface area contributed by atoms with E-state index in [0.29, 0.717) is 39.5 Å². The minimum absolute atomic E-state index is 0. The zero-order chi connectivity index (χ0) is 14.1. The van der Waals surface area contributed by atoms with E-state index < -0.39 is 6.04 Å². The molecule has 1 amide bonds. The lowest BCUT2D eigenvalue weighted by molar-refractivity contribution is -0.136. The summed E-state index contributed by atoms with van der Waals surface area (Å²) < 4.78 is 15.4. The van der Waals surface area contributed by atoms with Crippen LogP contribution in [0.25, 0.3) is 0 Å². The van der Waals surface area contributed by atoms with Crippen molar-refractivity contribution in [1.82, 2.24) is 4.90 Å². The summed E-state index contributed by atoms with van der Waals surface area (Å²) >= 11 is 0. The van der Waals surface area contributed by atoms with Crippen LogP contribution in [0, 0.1) is 5.92 Å². The summed E-state index contributed by atoms with van der Waals surface area (Å²) in [6.07, 6.45) is 1.71. The van der Waals surface area contributed by atoms with Gasteiger partial charge in [0.25, 0.3) is 0 Å². The summed E-state index contributed by atoms with van der Waals surface area (Å²) in [5.74, 6) is 0.204. The molecule has 1 fully saturated rings. The zero-order valence-electron chi connectivity index (χ0n) is 12.4. The van der Waals surface area contributed by atoms with Crippen LogP contribution in [0.2, 0.25) is 0 Å². The van der Waals surface area contributed by atoms with Gasteiger partial charge in [0.2, 0.25) is 5.91 Å². The molecule has 1 aliphatic rings. The second-order valence-corrected chi connectivity index (χ2v) is 4.79. The van der Waals surface area contributed by atoms with Crippen LogP contribution in [0.1, 0.15) is 12.8 Å². The third-order valence-corrected chi connectivity index (χ3v) is 3.50. The minimum Gasteiger partial charge on any atom is -0.383 e. The Hall–Kier alpha value is -0.400. The molecule has 7 heteroatoms. The molecule has 1 rings (SSSR count). The average Bonchev–Trinajstić information content (AvgIpc) is 2.47. The lowest BCUT2D eigenvalue weighted by Crippen LogP contribution is -2.50. The Morgan fingerprint density at radius 2 is 1.75 bits per heavy atom. The molecule has 1 unspecified atom stereocenters. The fourth-order valence-corrected chi connectivity index (χ4v) is 2.22. The Morgan fingerprint density at radius 1 is 1.25 bits per heavy atom. The molecular formula is C13H27ClN2O4. The lowest BCUT2D eigenvalue weighted by atomic mass is 9.91. The van der Waals surface area contributed by atoms with Gasteiger partial charge < -0.3 is 24.8 Å². The quantitative estimate of drug-likeness (QED) is 0.697. The number of rotatable bonds is 8. The summed E-state index contributed by atoms with van der Waals surface area (Å²) in [6, 6.07) is -0.447. The highest BCUT2D eigenvalue weighted by Crippen LogP contribution is 2.18. The van der Waals surface area contributed by atoms with Gasteiger partial charge in [0, 0.05) is 40.5 Å². The monoisotopic (exact) mass is 310 g/mol. The number of carbonyl (C=O) groups excluding carboxylic acids is 1. The molecule has 0 bridgehead atoms. The van der Waals surface area contributed by atoms with E-state index in [4.69, 9.17) is 19.9 Å². The maximum absolute atomic E-state index is 12.4. The molecule has 6 nitrogen and oxygen atoms in total. The van der Waals surface area contributed by atoms with E-state index in [2.05, 4.69) is 0 Å². The highest BCUT2D eigenvalue weighted by Gasteiger charge is 2.29. The van der Waals surface area contributed by atoms with Gasteiger partial charge in [-0.15, -0.1) is 12.4 Å². The van der Waals surface area contributed by atoms with Crippen LogP contribution in [0.15, 0.2) is 0 Å². The molecule has 120 valence electrons. The molecule has 2 N–H and O–H groups in total. The first-order chi connectivity index (χ1) is 9.20. The van der Waals surface area contributed by atoms with E-state index in [-0.39, 0.29) is 24.2 Å². The molecule has 0 saturated carbocycles. The fourth-order valence-electron chi connectivity index (χ4n) is 2.22. The highest BCUT2D eigenvalue weighted by atomic mass is 35.5. The minimum atomic E-state index is -0.447. The van der Waals surface area contributed by atoms with Crippen molar-refractivity contribution in [1.29, 1.82) is 0 Å². The molecule has 1 atom stereocenters. The fraction of sp³-hybridized carbons (Fsp3) is 0.923. The largest absolute Gasteiger partial charge is 0.383 e. The van der Waals surface area contributed by atoms with E-state index in [1.165, 1.54) is 0 Å². The SMILES string of the molecule is COCCN(CCOC)C(=O)C(N)C1CCOCC1.Cl. The second-order valence-electron chi connectivity index (χ2n) is 4.79. The summed E-state index contributed by atoms with van der Waals surface area (Å²) in [6.45, 7) is 3.51. The van der Waals surface area contributed by atoms with E-state index in [1.54, 1.807) is 19.1 Å². The normalized spacial score (nSPS) is 17.4. The Balaban J connectivity index is 0.00000361. The number of hydrogen-bond acceptors (Lipinski definition) is 5. The molecule has 1 saturated heterocycles. The molecule has 0 aromatic heterocycles. The third-order valence-electron chi connectivity index (χ3n) is 3.50. The van der Waals surface area contributed by atoms with E-state index >= 15 is 0 Å². The Morgan fingerprint density at radius 3 is 2.20 bits per heavy atom. The van der Waals surface area contributed by atoms with Gasteiger partial charge in [-0.1, -0.05) is 0 Å². The number of nitrogens with zero attached hydrogens (tertiary/aromatic N) is 1. The third kappa shape index (κ3) is 6.37. The van der Waals surface area contributed by atoms with Crippen LogP contribution in [0.4, 0.5) is 0 Å². The summed E-state index contributed by atoms with van der Waals surface area (Å²) in [5, 5.41) is 0. The summed E-state index contributed by atoms with van der Waals surface area (Å²) in [5.41, 5.74) is 6.11. The lowest BCUT2D eigenvalue weighted by Gasteiger charge is -2.31. The first-order valence-corrected chi connectivity index (χ1v) is 6.80. The molecular weight excluding hydrogens is 284 g/mol. The van der Waals surface area contributed by atoms with Gasteiger partial charge in [-0.05, 0) is 18.8 Å². The molecule has 1 aliphatic heterocycles. The van der Waals surface area contributed by atoms with Crippen LogP contribution in [0.3, 0.4) is 0 Å². The van der Waals surface area contributed by atoms with Gasteiger partial charge in [0.1, 0.15) is 0 Å². The van der Waals surface area contributed by atoms with Gasteiger partial charge in [0.15, 0.2) is 0 Å². The van der Waals surface area contributed by atoms with Crippen LogP contribution in [0.5, 0.6) is 0 Å². The van der Waals surface area contributed by atoms with Gasteiger partial charge >= 0.3 is 0 Å². The molecule has 0 spiro atoms. The number of halogens is 1. The van der Waals surface area contributed by atoms with Crippen molar-refractivity contribution >= 4 is 18.3 Å². The first-order valence-electron chi connectivity index (χ1n) is 6.80. The standard InChI is InChI=1S/C13H26N2O4.ClH/c1-17-9-5-15(6-10-18-2)13(16)12(14)11-3-7-19-8-4-11;/h11-12H,3-10,14H2,1-2H3;1H. The number of ether oxygens (including phenoxy) is 3.